The number of aromatic nitrogens is 3. The highest BCUT2D eigenvalue weighted by atomic mass is 32.2. The number of alkyl carbamates (subject to hydrolysis) is 1. The van der Waals surface area contributed by atoms with Crippen LogP contribution in [0.15, 0.2) is 36.8 Å². The predicted molar refractivity (Wildman–Crippen MR) is 129 cm³/mol. The van der Waals surface area contributed by atoms with Crippen LogP contribution in [0.2, 0.25) is 0 Å². The van der Waals surface area contributed by atoms with Crippen LogP contribution in [0.25, 0.3) is 16.6 Å². The molecular formula is C23H23F3N6O5S. The Morgan fingerprint density at radius 2 is 1.95 bits per heavy atom. The Morgan fingerprint density at radius 1 is 1.21 bits per heavy atom. The van der Waals surface area contributed by atoms with Crippen LogP contribution in [0, 0.1) is 11.3 Å². The molecule has 15 heteroatoms. The molecule has 1 fully saturated rings. The first-order valence-electron chi connectivity index (χ1n) is 11.3. The number of ether oxygens (including phenoxy) is 1. The van der Waals surface area contributed by atoms with Gasteiger partial charge in [-0.25, -0.2) is 14.3 Å². The molecule has 38 heavy (non-hydrogen) atoms. The second kappa shape index (κ2) is 9.67. The number of carbonyl (C=O) groups excluding carboxylic acids is 1. The summed E-state index contributed by atoms with van der Waals surface area (Å²) in [6, 6.07) is 6.02. The highest BCUT2D eigenvalue weighted by Gasteiger charge is 2.49. The molecule has 4 heterocycles. The Kier molecular flexibility index (Phi) is 6.87. The smallest absolute Gasteiger partial charge is 0.444 e. The molecule has 1 aliphatic heterocycles. The molecular weight excluding hydrogens is 529 g/mol. The van der Waals surface area contributed by atoms with Crippen LogP contribution in [0.5, 0.6) is 5.75 Å². The average molecular weight is 553 g/mol. The average Bonchev–Trinajstić information content (AvgIpc) is 3.44. The number of nitriles is 1. The molecule has 0 bridgehead atoms. The number of nitrogens with zero attached hydrogens (tertiary/aromatic N) is 5. The topological polar surface area (TPSA) is 139 Å². The van der Waals surface area contributed by atoms with Gasteiger partial charge in [0.1, 0.15) is 28.6 Å². The van der Waals surface area contributed by atoms with E-state index >= 15 is 0 Å². The van der Waals surface area contributed by atoms with E-state index in [9.17, 15) is 31.6 Å². The van der Waals surface area contributed by atoms with Crippen molar-refractivity contribution in [2.75, 3.05) is 18.0 Å². The predicted octanol–water partition coefficient (Wildman–Crippen LogP) is 3.60. The number of pyridine rings is 2. The minimum Gasteiger partial charge on any atom is -0.444 e. The third-order valence-corrected chi connectivity index (χ3v) is 6.46. The second-order valence-corrected chi connectivity index (χ2v) is 11.1. The number of hydrogen-bond acceptors (Lipinski definition) is 9. The highest BCUT2D eigenvalue weighted by Crippen LogP contribution is 2.34. The van der Waals surface area contributed by atoms with Gasteiger partial charge >= 0.3 is 21.7 Å². The second-order valence-electron chi connectivity index (χ2n) is 9.52. The van der Waals surface area contributed by atoms with E-state index in [2.05, 4.69) is 19.6 Å². The number of nitrogens with one attached hydrogen (secondary N) is 1. The summed E-state index contributed by atoms with van der Waals surface area (Å²) in [5.74, 6) is -0.0983. The van der Waals surface area contributed by atoms with E-state index in [1.54, 1.807) is 39.0 Å². The summed E-state index contributed by atoms with van der Waals surface area (Å²) in [5, 5.41) is 16.0. The van der Waals surface area contributed by atoms with Crippen molar-refractivity contribution in [2.45, 2.75) is 44.3 Å². The molecule has 0 spiro atoms. The molecule has 3 aromatic heterocycles. The van der Waals surface area contributed by atoms with Crippen LogP contribution in [-0.2, 0) is 14.9 Å². The third-order valence-electron chi connectivity index (χ3n) is 5.49. The largest absolute Gasteiger partial charge is 0.534 e. The summed E-state index contributed by atoms with van der Waals surface area (Å²) in [6.07, 6.45) is 4.13. The Labute approximate surface area is 215 Å². The van der Waals surface area contributed by atoms with Crippen LogP contribution in [-0.4, -0.2) is 59.3 Å². The molecule has 0 radical (unpaired) electrons. The molecule has 0 saturated carbocycles. The first-order chi connectivity index (χ1) is 17.7. The van der Waals surface area contributed by atoms with Crippen molar-refractivity contribution in [1.29, 1.82) is 5.26 Å². The maximum atomic E-state index is 13.0. The van der Waals surface area contributed by atoms with Crippen molar-refractivity contribution in [3.8, 4) is 22.9 Å². The van der Waals surface area contributed by atoms with Gasteiger partial charge in [-0.15, -0.1) is 0 Å². The molecule has 0 aliphatic carbocycles. The van der Waals surface area contributed by atoms with E-state index < -0.39 is 33.1 Å². The van der Waals surface area contributed by atoms with Crippen LogP contribution >= 0.6 is 0 Å². The lowest BCUT2D eigenvalue weighted by Crippen LogP contribution is -2.40. The minimum absolute atomic E-state index is 0.141. The Bertz CT molecular complexity index is 1510. The monoisotopic (exact) mass is 552 g/mol. The van der Waals surface area contributed by atoms with Crippen LogP contribution in [0.4, 0.5) is 23.8 Å². The fraction of sp³-hybridized carbons (Fsp3) is 0.391. The fourth-order valence-corrected chi connectivity index (χ4v) is 4.32. The van der Waals surface area contributed by atoms with Crippen LogP contribution in [0.3, 0.4) is 0 Å². The fourth-order valence-electron chi connectivity index (χ4n) is 3.86. The zero-order chi connectivity index (χ0) is 27.9. The van der Waals surface area contributed by atoms with Crippen LogP contribution < -0.4 is 14.4 Å². The van der Waals surface area contributed by atoms with Gasteiger partial charge in [-0.2, -0.15) is 31.9 Å². The number of hydrogen-bond donors (Lipinski definition) is 1. The van der Waals surface area contributed by atoms with Gasteiger partial charge in [0.25, 0.3) is 0 Å². The molecule has 4 rings (SSSR count). The van der Waals surface area contributed by atoms with Crippen molar-refractivity contribution in [3.63, 3.8) is 0 Å². The molecule has 202 valence electrons. The van der Waals surface area contributed by atoms with E-state index in [-0.39, 0.29) is 22.7 Å². The highest BCUT2D eigenvalue weighted by molar-refractivity contribution is 7.88. The Hall–Kier alpha value is -4.06. The van der Waals surface area contributed by atoms with Gasteiger partial charge in [-0.1, -0.05) is 0 Å². The molecule has 1 N–H and O–H groups in total. The van der Waals surface area contributed by atoms with Gasteiger partial charge in [0.15, 0.2) is 5.75 Å². The molecule has 1 unspecified atom stereocenters. The first-order valence-corrected chi connectivity index (χ1v) is 12.7. The lowest BCUT2D eigenvalue weighted by Gasteiger charge is -2.22. The third kappa shape index (κ3) is 5.75. The zero-order valence-corrected chi connectivity index (χ0v) is 21.3. The minimum atomic E-state index is -6.00. The number of halogens is 3. The van der Waals surface area contributed by atoms with E-state index in [0.717, 1.165) is 16.8 Å². The lowest BCUT2D eigenvalue weighted by atomic mass is 10.1. The summed E-state index contributed by atoms with van der Waals surface area (Å²) in [5.41, 5.74) is -5.99. The van der Waals surface area contributed by atoms with E-state index in [1.165, 1.54) is 12.4 Å². The number of amides is 1. The van der Waals surface area contributed by atoms with Gasteiger partial charge in [0, 0.05) is 36.6 Å². The van der Waals surface area contributed by atoms with Crippen molar-refractivity contribution in [2.24, 2.45) is 0 Å². The summed E-state index contributed by atoms with van der Waals surface area (Å²) in [4.78, 5) is 18.4. The normalized spacial score (nSPS) is 16.3. The van der Waals surface area contributed by atoms with Crippen molar-refractivity contribution >= 4 is 27.5 Å². The van der Waals surface area contributed by atoms with Gasteiger partial charge in [-0.05, 0) is 45.4 Å². The van der Waals surface area contributed by atoms with Crippen molar-refractivity contribution in [1.82, 2.24) is 19.9 Å². The quantitative estimate of drug-likeness (QED) is 0.372. The maximum Gasteiger partial charge on any atom is 0.534 e. The van der Waals surface area contributed by atoms with E-state index in [4.69, 9.17) is 4.74 Å². The number of anilines is 1. The molecule has 1 aliphatic rings. The SMILES string of the molecule is CC(C)(C)OC(=O)NC1CCN(c2ccc(-c3cc(OS(=O)(=O)C(F)(F)F)c4c(C#N)cnn4c3)cn2)C1. The summed E-state index contributed by atoms with van der Waals surface area (Å²) in [6.45, 7) is 6.44. The zero-order valence-electron chi connectivity index (χ0n) is 20.5. The van der Waals surface area contributed by atoms with E-state index in [0.29, 0.717) is 30.9 Å². The molecule has 11 nitrogen and oxygen atoms in total. The van der Waals surface area contributed by atoms with Crippen molar-refractivity contribution < 1.29 is 35.3 Å². The van der Waals surface area contributed by atoms with Gasteiger partial charge in [0.05, 0.1) is 12.2 Å². The standard InChI is InChI=1S/C23H23F3N6O5S/c1-22(2,3)36-21(33)30-17-6-7-31(13-17)19-5-4-14(10-28-19)15-8-18(37-38(34,35)23(24,25)26)20-16(9-27)11-29-32(20)12-15/h4-5,8,10-12,17H,6-7,13H2,1-3H3,(H,30,33). The lowest BCUT2D eigenvalue weighted by molar-refractivity contribution is -0.0499. The summed E-state index contributed by atoms with van der Waals surface area (Å²) < 4.78 is 73.0. The van der Waals surface area contributed by atoms with Gasteiger partial charge in [0.2, 0.25) is 0 Å². The number of rotatable bonds is 5. The number of fused-ring (bicyclic) bond motifs is 1. The van der Waals surface area contributed by atoms with E-state index in [1.807, 2.05) is 4.90 Å². The summed E-state index contributed by atoms with van der Waals surface area (Å²) >= 11 is 0. The van der Waals surface area contributed by atoms with Gasteiger partial charge < -0.3 is 19.1 Å². The summed E-state index contributed by atoms with van der Waals surface area (Å²) in [7, 11) is -6.00. The number of alkyl halides is 3. The van der Waals surface area contributed by atoms with Crippen LogP contribution in [0.1, 0.15) is 32.8 Å². The number of carbonyl (C=O) groups is 1. The Morgan fingerprint density at radius 3 is 2.55 bits per heavy atom. The molecule has 1 saturated heterocycles. The van der Waals surface area contributed by atoms with Gasteiger partial charge in [-0.3, -0.25) is 0 Å². The molecule has 3 aromatic rings. The molecule has 1 amide bonds. The molecule has 1 atom stereocenters. The molecule has 0 aromatic carbocycles. The first kappa shape index (κ1) is 27.0. The maximum absolute atomic E-state index is 13.0. The van der Waals surface area contributed by atoms with Crippen molar-refractivity contribution in [3.05, 3.63) is 42.4 Å². The Balaban J connectivity index is 1.56.